The highest BCUT2D eigenvalue weighted by molar-refractivity contribution is 5.98. The molecule has 9 heteroatoms. The Morgan fingerprint density at radius 2 is 1.68 bits per heavy atom. The molecule has 2 aliphatic heterocycles. The SMILES string of the molecule is O=C(c1ccccc1[N+](=O)[O-])N1CCN(c2ccnc(N3CCCC3)n2)CC1. The van der Waals surface area contributed by atoms with Crippen LogP contribution in [-0.2, 0) is 0 Å². The van der Waals surface area contributed by atoms with Gasteiger partial charge in [0.1, 0.15) is 11.4 Å². The van der Waals surface area contributed by atoms with Crippen molar-refractivity contribution in [1.82, 2.24) is 14.9 Å². The average Bonchev–Trinajstić information content (AvgIpc) is 3.28. The molecule has 2 aromatic rings. The number of piperazine rings is 1. The lowest BCUT2D eigenvalue weighted by molar-refractivity contribution is -0.385. The van der Waals surface area contributed by atoms with Gasteiger partial charge in [0.25, 0.3) is 11.6 Å². The minimum Gasteiger partial charge on any atom is -0.353 e. The van der Waals surface area contributed by atoms with Crippen LogP contribution in [-0.4, -0.2) is 65.0 Å². The first kappa shape index (κ1) is 18.1. The van der Waals surface area contributed by atoms with E-state index < -0.39 is 4.92 Å². The molecule has 0 bridgehead atoms. The van der Waals surface area contributed by atoms with Gasteiger partial charge in [-0.15, -0.1) is 0 Å². The molecule has 3 heterocycles. The van der Waals surface area contributed by atoms with Crippen LogP contribution in [0.4, 0.5) is 17.5 Å². The Morgan fingerprint density at radius 1 is 0.964 bits per heavy atom. The van der Waals surface area contributed by atoms with E-state index in [2.05, 4.69) is 14.8 Å². The standard InChI is InChI=1S/C19H22N6O3/c26-18(15-5-1-2-6-16(15)25(27)28)23-13-11-22(12-14-23)17-7-8-20-19(21-17)24-9-3-4-10-24/h1-2,5-8H,3-4,9-14H2. The zero-order valence-electron chi connectivity index (χ0n) is 15.5. The number of nitro benzene ring substituents is 1. The fourth-order valence-electron chi connectivity index (χ4n) is 3.71. The van der Waals surface area contributed by atoms with Crippen molar-refractivity contribution in [2.24, 2.45) is 0 Å². The van der Waals surface area contributed by atoms with Gasteiger partial charge in [-0.1, -0.05) is 12.1 Å². The summed E-state index contributed by atoms with van der Waals surface area (Å²) in [6.07, 6.45) is 4.11. The van der Waals surface area contributed by atoms with Crippen molar-refractivity contribution < 1.29 is 9.72 Å². The smallest absolute Gasteiger partial charge is 0.282 e. The zero-order valence-corrected chi connectivity index (χ0v) is 15.5. The number of amides is 1. The number of nitro groups is 1. The predicted octanol–water partition coefficient (Wildman–Crippen LogP) is 1.95. The van der Waals surface area contributed by atoms with Gasteiger partial charge in [-0.05, 0) is 25.0 Å². The van der Waals surface area contributed by atoms with Crippen LogP contribution < -0.4 is 9.80 Å². The number of para-hydroxylation sites is 1. The van der Waals surface area contributed by atoms with Gasteiger partial charge in [-0.3, -0.25) is 14.9 Å². The molecule has 2 aliphatic rings. The summed E-state index contributed by atoms with van der Waals surface area (Å²) < 4.78 is 0. The number of hydrogen-bond donors (Lipinski definition) is 0. The fourth-order valence-corrected chi connectivity index (χ4v) is 3.71. The fraction of sp³-hybridized carbons (Fsp3) is 0.421. The maximum atomic E-state index is 12.8. The third kappa shape index (κ3) is 3.60. The van der Waals surface area contributed by atoms with Crippen LogP contribution in [0.3, 0.4) is 0 Å². The molecule has 0 unspecified atom stereocenters. The Kier molecular flexibility index (Phi) is 5.05. The second-order valence-corrected chi connectivity index (χ2v) is 6.96. The van der Waals surface area contributed by atoms with Crippen molar-refractivity contribution in [2.45, 2.75) is 12.8 Å². The van der Waals surface area contributed by atoms with Crippen LogP contribution >= 0.6 is 0 Å². The number of aromatic nitrogens is 2. The van der Waals surface area contributed by atoms with Crippen molar-refractivity contribution in [2.75, 3.05) is 49.1 Å². The van der Waals surface area contributed by atoms with Crippen LogP contribution in [0.15, 0.2) is 36.5 Å². The molecular weight excluding hydrogens is 360 g/mol. The van der Waals surface area contributed by atoms with Crippen LogP contribution in [0, 0.1) is 10.1 Å². The Hall–Kier alpha value is -3.23. The third-order valence-corrected chi connectivity index (χ3v) is 5.24. The summed E-state index contributed by atoms with van der Waals surface area (Å²) in [7, 11) is 0. The summed E-state index contributed by atoms with van der Waals surface area (Å²) in [5.41, 5.74) is -0.0136. The Bertz CT molecular complexity index is 875. The Morgan fingerprint density at radius 3 is 2.39 bits per heavy atom. The summed E-state index contributed by atoms with van der Waals surface area (Å²) in [6, 6.07) is 7.99. The quantitative estimate of drug-likeness (QED) is 0.589. The molecule has 1 amide bonds. The normalized spacial score (nSPS) is 17.1. The van der Waals surface area contributed by atoms with Gasteiger partial charge in [0.15, 0.2) is 0 Å². The maximum Gasteiger partial charge on any atom is 0.282 e. The number of rotatable bonds is 4. The molecule has 0 atom stereocenters. The van der Waals surface area contributed by atoms with Gasteiger partial charge >= 0.3 is 0 Å². The third-order valence-electron chi connectivity index (χ3n) is 5.24. The topological polar surface area (TPSA) is 95.7 Å². The van der Waals surface area contributed by atoms with Gasteiger partial charge in [-0.25, -0.2) is 4.98 Å². The molecule has 1 aromatic carbocycles. The van der Waals surface area contributed by atoms with Crippen LogP contribution in [0.5, 0.6) is 0 Å². The van der Waals surface area contributed by atoms with E-state index in [0.717, 1.165) is 24.9 Å². The number of nitrogens with zero attached hydrogens (tertiary/aromatic N) is 6. The van der Waals surface area contributed by atoms with Crippen LogP contribution in [0.1, 0.15) is 23.2 Å². The predicted molar refractivity (Wildman–Crippen MR) is 105 cm³/mol. The van der Waals surface area contributed by atoms with E-state index in [9.17, 15) is 14.9 Å². The van der Waals surface area contributed by atoms with Crippen LogP contribution in [0.25, 0.3) is 0 Å². The molecule has 146 valence electrons. The molecule has 0 spiro atoms. The Balaban J connectivity index is 1.43. The molecule has 0 saturated carbocycles. The molecule has 0 N–H and O–H groups in total. The van der Waals surface area contributed by atoms with E-state index >= 15 is 0 Å². The van der Waals surface area contributed by atoms with Crippen molar-refractivity contribution in [3.63, 3.8) is 0 Å². The largest absolute Gasteiger partial charge is 0.353 e. The molecule has 1 aromatic heterocycles. The van der Waals surface area contributed by atoms with Gasteiger partial charge in [0.05, 0.1) is 4.92 Å². The second kappa shape index (κ2) is 7.79. The first-order valence-corrected chi connectivity index (χ1v) is 9.49. The first-order chi connectivity index (χ1) is 13.6. The number of benzene rings is 1. The molecule has 0 aliphatic carbocycles. The maximum absolute atomic E-state index is 12.8. The summed E-state index contributed by atoms with van der Waals surface area (Å²) >= 11 is 0. The van der Waals surface area contributed by atoms with E-state index in [4.69, 9.17) is 4.98 Å². The van der Waals surface area contributed by atoms with Crippen molar-refractivity contribution in [3.05, 3.63) is 52.2 Å². The monoisotopic (exact) mass is 382 g/mol. The summed E-state index contributed by atoms with van der Waals surface area (Å²) in [5, 5.41) is 11.2. The highest BCUT2D eigenvalue weighted by Crippen LogP contribution is 2.23. The lowest BCUT2D eigenvalue weighted by Crippen LogP contribution is -2.49. The Labute approximate surface area is 162 Å². The van der Waals surface area contributed by atoms with Crippen LogP contribution in [0.2, 0.25) is 0 Å². The molecule has 2 saturated heterocycles. The molecule has 4 rings (SSSR count). The van der Waals surface area contributed by atoms with E-state index in [-0.39, 0.29) is 17.2 Å². The van der Waals surface area contributed by atoms with Gasteiger partial charge < -0.3 is 14.7 Å². The molecule has 2 fully saturated rings. The molecule has 9 nitrogen and oxygen atoms in total. The number of hydrogen-bond acceptors (Lipinski definition) is 7. The van der Waals surface area contributed by atoms with E-state index in [1.54, 1.807) is 23.2 Å². The lowest BCUT2D eigenvalue weighted by Gasteiger charge is -2.35. The van der Waals surface area contributed by atoms with Crippen molar-refractivity contribution >= 4 is 23.4 Å². The highest BCUT2D eigenvalue weighted by atomic mass is 16.6. The van der Waals surface area contributed by atoms with E-state index in [1.165, 1.54) is 25.0 Å². The summed E-state index contributed by atoms with van der Waals surface area (Å²) in [6.45, 7) is 4.22. The lowest BCUT2D eigenvalue weighted by atomic mass is 10.1. The number of carbonyl (C=O) groups is 1. The summed E-state index contributed by atoms with van der Waals surface area (Å²) in [4.78, 5) is 38.5. The summed E-state index contributed by atoms with van der Waals surface area (Å²) in [5.74, 6) is 1.32. The minimum atomic E-state index is -0.510. The van der Waals surface area contributed by atoms with Gasteiger partial charge in [-0.2, -0.15) is 4.98 Å². The van der Waals surface area contributed by atoms with Crippen molar-refractivity contribution in [1.29, 1.82) is 0 Å². The van der Waals surface area contributed by atoms with E-state index in [0.29, 0.717) is 26.2 Å². The number of anilines is 2. The molecule has 0 radical (unpaired) electrons. The minimum absolute atomic E-state index is 0.138. The molecular formula is C19H22N6O3. The first-order valence-electron chi connectivity index (χ1n) is 9.49. The zero-order chi connectivity index (χ0) is 19.5. The van der Waals surface area contributed by atoms with Crippen molar-refractivity contribution in [3.8, 4) is 0 Å². The highest BCUT2D eigenvalue weighted by Gasteiger charge is 2.28. The average molecular weight is 382 g/mol. The second-order valence-electron chi connectivity index (χ2n) is 6.96. The molecule has 28 heavy (non-hydrogen) atoms. The van der Waals surface area contributed by atoms with E-state index in [1.807, 2.05) is 6.07 Å². The van der Waals surface area contributed by atoms with Gasteiger partial charge in [0.2, 0.25) is 5.95 Å². The number of carbonyl (C=O) groups excluding carboxylic acids is 1. The van der Waals surface area contributed by atoms with Gasteiger partial charge in [0, 0.05) is 51.5 Å².